The fourth-order valence-corrected chi connectivity index (χ4v) is 3.68. The van der Waals surface area contributed by atoms with Crippen molar-refractivity contribution >= 4 is 28.5 Å². The van der Waals surface area contributed by atoms with Gasteiger partial charge in [-0.15, -0.1) is 0 Å². The number of H-pyrrole nitrogens is 1. The molecule has 0 aliphatic rings. The summed E-state index contributed by atoms with van der Waals surface area (Å²) in [5.41, 5.74) is 3.94. The first-order valence-electron chi connectivity index (χ1n) is 9.25. The number of fused-ring (bicyclic) bond motifs is 1. The zero-order valence-electron chi connectivity index (χ0n) is 16.7. The van der Waals surface area contributed by atoms with Crippen LogP contribution in [0.1, 0.15) is 59.2 Å². The number of amides is 1. The molecule has 0 saturated carbocycles. The van der Waals surface area contributed by atoms with Gasteiger partial charge in [-0.1, -0.05) is 6.92 Å². The Bertz CT molecular complexity index is 1120. The van der Waals surface area contributed by atoms with Crippen LogP contribution in [0.5, 0.6) is 0 Å². The Labute approximate surface area is 168 Å². The number of carbonyl (C=O) groups is 1. The van der Waals surface area contributed by atoms with Crippen LogP contribution in [0.15, 0.2) is 17.1 Å². The van der Waals surface area contributed by atoms with Crippen LogP contribution in [-0.4, -0.2) is 25.4 Å². The van der Waals surface area contributed by atoms with E-state index < -0.39 is 0 Å². The van der Waals surface area contributed by atoms with Crippen LogP contribution < -0.4 is 10.9 Å². The summed E-state index contributed by atoms with van der Waals surface area (Å²) in [6, 6.07) is 2.04. The van der Waals surface area contributed by atoms with E-state index >= 15 is 0 Å². The minimum atomic E-state index is -0.269. The van der Waals surface area contributed by atoms with E-state index in [0.717, 1.165) is 23.4 Å². The van der Waals surface area contributed by atoms with Crippen molar-refractivity contribution in [3.05, 3.63) is 56.0 Å². The molecular formula is C20H24ClN5O2. The second-order valence-corrected chi connectivity index (χ2v) is 7.43. The summed E-state index contributed by atoms with van der Waals surface area (Å²) in [4.78, 5) is 36.4. The van der Waals surface area contributed by atoms with Crippen LogP contribution in [-0.2, 0) is 6.54 Å². The largest absolute Gasteiger partial charge is 0.348 e. The Kier molecular flexibility index (Phi) is 5.56. The molecule has 148 valence electrons. The Morgan fingerprint density at radius 1 is 1.36 bits per heavy atom. The van der Waals surface area contributed by atoms with E-state index in [4.69, 9.17) is 11.6 Å². The molecule has 1 atom stereocenters. The molecule has 3 aromatic rings. The molecule has 0 radical (unpaired) electrons. The molecule has 1 amide bonds. The lowest BCUT2D eigenvalue weighted by molar-refractivity contribution is 0.0951. The number of carbonyl (C=O) groups excluding carboxylic acids is 1. The second-order valence-electron chi connectivity index (χ2n) is 7.09. The summed E-state index contributed by atoms with van der Waals surface area (Å²) in [7, 11) is 0. The Morgan fingerprint density at radius 3 is 2.71 bits per heavy atom. The van der Waals surface area contributed by atoms with Crippen molar-refractivity contribution < 1.29 is 4.79 Å². The number of rotatable bonds is 5. The summed E-state index contributed by atoms with van der Waals surface area (Å²) in [5.74, 6) is -0.269. The van der Waals surface area contributed by atoms with Crippen molar-refractivity contribution in [3.8, 4) is 0 Å². The number of aryl methyl sites for hydroxylation is 2. The molecule has 3 heterocycles. The summed E-state index contributed by atoms with van der Waals surface area (Å²) < 4.78 is 2.02. The average Bonchev–Trinajstić information content (AvgIpc) is 2.91. The molecule has 0 bridgehead atoms. The van der Waals surface area contributed by atoms with Gasteiger partial charge in [0.1, 0.15) is 5.65 Å². The standard InChI is InChI=1S/C20H24ClN5O2/c1-6-12(4)26-13(5)16(15-9-23-20(21)25-17(15)26)19(28)22-8-14-10(2)7-11(3)24-18(14)27/h7,9,12H,6,8H2,1-5H3,(H,22,28)(H,24,27). The quantitative estimate of drug-likeness (QED) is 0.639. The predicted octanol–water partition coefficient (Wildman–Crippen LogP) is 3.60. The number of nitrogens with one attached hydrogen (secondary N) is 2. The molecule has 3 rings (SSSR count). The number of aromatic amines is 1. The molecule has 7 nitrogen and oxygen atoms in total. The van der Waals surface area contributed by atoms with Gasteiger partial charge in [-0.2, -0.15) is 4.98 Å². The first-order chi connectivity index (χ1) is 13.2. The lowest BCUT2D eigenvalue weighted by atomic mass is 10.1. The second kappa shape index (κ2) is 7.75. The molecule has 0 saturated heterocycles. The zero-order valence-corrected chi connectivity index (χ0v) is 17.4. The molecule has 3 aromatic heterocycles. The van der Waals surface area contributed by atoms with Crippen molar-refractivity contribution in [2.45, 2.75) is 53.6 Å². The highest BCUT2D eigenvalue weighted by molar-refractivity contribution is 6.28. The third-order valence-corrected chi connectivity index (χ3v) is 5.32. The maximum atomic E-state index is 13.0. The van der Waals surface area contributed by atoms with Crippen LogP contribution in [0.4, 0.5) is 0 Å². The minimum absolute atomic E-state index is 0.142. The van der Waals surface area contributed by atoms with E-state index in [1.165, 1.54) is 0 Å². The molecule has 0 aliphatic carbocycles. The number of hydrogen-bond donors (Lipinski definition) is 2. The van der Waals surface area contributed by atoms with Crippen LogP contribution in [0.25, 0.3) is 11.0 Å². The van der Waals surface area contributed by atoms with Gasteiger partial charge in [-0.25, -0.2) is 4.98 Å². The monoisotopic (exact) mass is 401 g/mol. The normalized spacial score (nSPS) is 12.4. The highest BCUT2D eigenvalue weighted by atomic mass is 35.5. The molecule has 0 spiro atoms. The van der Waals surface area contributed by atoms with Crippen molar-refractivity contribution in [2.75, 3.05) is 0 Å². The molecule has 0 fully saturated rings. The Balaban J connectivity index is 2.01. The van der Waals surface area contributed by atoms with Gasteiger partial charge in [0.05, 0.1) is 10.9 Å². The zero-order chi connectivity index (χ0) is 20.6. The molecular weight excluding hydrogens is 378 g/mol. The summed E-state index contributed by atoms with van der Waals surface area (Å²) in [5, 5.41) is 3.66. The van der Waals surface area contributed by atoms with Gasteiger partial charge in [0.15, 0.2) is 0 Å². The summed E-state index contributed by atoms with van der Waals surface area (Å²) in [6.07, 6.45) is 2.46. The number of nitrogens with zero attached hydrogens (tertiary/aromatic N) is 3. The van der Waals surface area contributed by atoms with E-state index in [1.54, 1.807) is 6.20 Å². The van der Waals surface area contributed by atoms with Gasteiger partial charge in [0, 0.05) is 35.7 Å². The molecule has 8 heteroatoms. The van der Waals surface area contributed by atoms with Crippen LogP contribution in [0.2, 0.25) is 5.28 Å². The fraction of sp³-hybridized carbons (Fsp3) is 0.400. The topological polar surface area (TPSA) is 92.7 Å². The van der Waals surface area contributed by atoms with Crippen LogP contribution >= 0.6 is 11.6 Å². The number of pyridine rings is 1. The molecule has 1 unspecified atom stereocenters. The molecule has 28 heavy (non-hydrogen) atoms. The van der Waals surface area contributed by atoms with Crippen molar-refractivity contribution in [1.29, 1.82) is 0 Å². The minimum Gasteiger partial charge on any atom is -0.348 e. The van der Waals surface area contributed by atoms with Crippen molar-refractivity contribution in [1.82, 2.24) is 24.8 Å². The SMILES string of the molecule is CCC(C)n1c(C)c(C(=O)NCc2c(C)cc(C)[nH]c2=O)c2cnc(Cl)nc21. The van der Waals surface area contributed by atoms with Crippen molar-refractivity contribution in [3.63, 3.8) is 0 Å². The van der Waals surface area contributed by atoms with E-state index in [-0.39, 0.29) is 29.3 Å². The first kappa shape index (κ1) is 20.1. The van der Waals surface area contributed by atoms with Gasteiger partial charge < -0.3 is 14.9 Å². The lowest BCUT2D eigenvalue weighted by Gasteiger charge is -2.15. The Hall–Kier alpha value is -2.67. The van der Waals surface area contributed by atoms with E-state index in [0.29, 0.717) is 22.2 Å². The van der Waals surface area contributed by atoms with Gasteiger partial charge >= 0.3 is 0 Å². The van der Waals surface area contributed by atoms with Gasteiger partial charge in [-0.05, 0) is 57.3 Å². The number of aromatic nitrogens is 4. The van der Waals surface area contributed by atoms with Crippen LogP contribution in [0, 0.1) is 20.8 Å². The summed E-state index contributed by atoms with van der Waals surface area (Å²) >= 11 is 5.99. The number of hydrogen-bond acceptors (Lipinski definition) is 4. The van der Waals surface area contributed by atoms with Crippen molar-refractivity contribution in [2.24, 2.45) is 0 Å². The third-order valence-electron chi connectivity index (χ3n) is 5.14. The maximum absolute atomic E-state index is 13.0. The smallest absolute Gasteiger partial charge is 0.254 e. The highest BCUT2D eigenvalue weighted by Gasteiger charge is 2.23. The average molecular weight is 402 g/mol. The molecule has 2 N–H and O–H groups in total. The van der Waals surface area contributed by atoms with E-state index in [2.05, 4.69) is 34.1 Å². The van der Waals surface area contributed by atoms with Gasteiger partial charge in [-0.3, -0.25) is 9.59 Å². The van der Waals surface area contributed by atoms with E-state index in [9.17, 15) is 9.59 Å². The first-order valence-corrected chi connectivity index (χ1v) is 9.63. The lowest BCUT2D eigenvalue weighted by Crippen LogP contribution is -2.28. The number of halogens is 1. The highest BCUT2D eigenvalue weighted by Crippen LogP contribution is 2.29. The molecule has 0 aromatic carbocycles. The summed E-state index contributed by atoms with van der Waals surface area (Å²) in [6.45, 7) is 9.86. The third kappa shape index (κ3) is 3.54. The van der Waals surface area contributed by atoms with Crippen LogP contribution in [0.3, 0.4) is 0 Å². The van der Waals surface area contributed by atoms with Gasteiger partial charge in [0.25, 0.3) is 11.5 Å². The Morgan fingerprint density at radius 2 is 2.07 bits per heavy atom. The van der Waals surface area contributed by atoms with E-state index in [1.807, 2.05) is 31.4 Å². The van der Waals surface area contributed by atoms with Gasteiger partial charge in [0.2, 0.25) is 5.28 Å². The molecule has 0 aliphatic heterocycles. The maximum Gasteiger partial charge on any atom is 0.254 e. The predicted molar refractivity (Wildman–Crippen MR) is 110 cm³/mol. The fourth-order valence-electron chi connectivity index (χ4n) is 3.55.